The summed E-state index contributed by atoms with van der Waals surface area (Å²) in [5, 5.41) is 4.30. The fraction of sp³-hybridized carbons (Fsp3) is 0.154. The summed E-state index contributed by atoms with van der Waals surface area (Å²) in [4.78, 5) is 6.94. The molecule has 0 amide bonds. The molecular formula is C26H24N4S. The highest BCUT2D eigenvalue weighted by Gasteiger charge is 2.41. The Labute approximate surface area is 188 Å². The molecule has 5 heteroatoms. The van der Waals surface area contributed by atoms with Gasteiger partial charge in [-0.25, -0.2) is 0 Å². The summed E-state index contributed by atoms with van der Waals surface area (Å²) in [6.45, 7) is 2.86. The van der Waals surface area contributed by atoms with Gasteiger partial charge in [0.25, 0.3) is 0 Å². The number of thiocarbonyl (C=S) groups is 1. The zero-order valence-corrected chi connectivity index (χ0v) is 18.2. The first-order chi connectivity index (χ1) is 15.2. The molecule has 1 saturated heterocycles. The number of benzene rings is 2. The van der Waals surface area contributed by atoms with Crippen LogP contribution in [0.5, 0.6) is 0 Å². The molecule has 0 radical (unpaired) electrons. The Bertz CT molecular complexity index is 1190. The van der Waals surface area contributed by atoms with Gasteiger partial charge in [-0.1, -0.05) is 48.5 Å². The molecule has 1 fully saturated rings. The zero-order chi connectivity index (χ0) is 21.2. The number of hydrogen-bond donors (Lipinski definition) is 1. The van der Waals surface area contributed by atoms with Crippen LogP contribution in [0.15, 0.2) is 97.3 Å². The third kappa shape index (κ3) is 3.84. The number of aromatic nitrogens is 2. The molecule has 1 aliphatic rings. The SMILES string of the molecule is Cc1cccc(-n2cccc2[C@H]2[C@@H](c3ccccn3)NC(=S)N2Cc2ccccc2)c1. The lowest BCUT2D eigenvalue weighted by atomic mass is 10.0. The first-order valence-corrected chi connectivity index (χ1v) is 10.9. The van der Waals surface area contributed by atoms with Crippen molar-refractivity contribution in [2.45, 2.75) is 25.6 Å². The normalized spacial score (nSPS) is 18.2. The Morgan fingerprint density at radius 3 is 2.55 bits per heavy atom. The van der Waals surface area contributed by atoms with Crippen LogP contribution in [0.25, 0.3) is 5.69 Å². The van der Waals surface area contributed by atoms with E-state index in [9.17, 15) is 0 Å². The topological polar surface area (TPSA) is 33.1 Å². The van der Waals surface area contributed by atoms with Gasteiger partial charge in [-0.15, -0.1) is 0 Å². The number of rotatable bonds is 5. The maximum absolute atomic E-state index is 5.83. The number of nitrogens with one attached hydrogen (secondary N) is 1. The van der Waals surface area contributed by atoms with E-state index < -0.39 is 0 Å². The van der Waals surface area contributed by atoms with E-state index in [4.69, 9.17) is 12.2 Å². The van der Waals surface area contributed by atoms with Crippen molar-refractivity contribution < 1.29 is 0 Å². The smallest absolute Gasteiger partial charge is 0.170 e. The van der Waals surface area contributed by atoms with E-state index >= 15 is 0 Å². The highest BCUT2D eigenvalue weighted by molar-refractivity contribution is 7.80. The zero-order valence-electron chi connectivity index (χ0n) is 17.3. The Morgan fingerprint density at radius 2 is 1.77 bits per heavy atom. The predicted octanol–water partition coefficient (Wildman–Crippen LogP) is 5.35. The highest BCUT2D eigenvalue weighted by Crippen LogP contribution is 2.40. The van der Waals surface area contributed by atoms with Crippen LogP contribution in [0.3, 0.4) is 0 Å². The van der Waals surface area contributed by atoms with Crippen molar-refractivity contribution in [2.75, 3.05) is 0 Å². The lowest BCUT2D eigenvalue weighted by Crippen LogP contribution is -2.30. The molecule has 3 heterocycles. The quantitative estimate of drug-likeness (QED) is 0.438. The minimum Gasteiger partial charge on any atom is -0.352 e. The third-order valence-corrected chi connectivity index (χ3v) is 6.11. The van der Waals surface area contributed by atoms with Crippen molar-refractivity contribution in [1.29, 1.82) is 0 Å². The van der Waals surface area contributed by atoms with E-state index in [0.29, 0.717) is 0 Å². The van der Waals surface area contributed by atoms with Crippen LogP contribution in [-0.4, -0.2) is 19.6 Å². The predicted molar refractivity (Wildman–Crippen MR) is 128 cm³/mol. The van der Waals surface area contributed by atoms with Gasteiger partial charge in [-0.2, -0.15) is 0 Å². The molecule has 0 spiro atoms. The summed E-state index contributed by atoms with van der Waals surface area (Å²) in [7, 11) is 0. The standard InChI is InChI=1S/C26H24N4S/c1-19-9-7-12-21(17-19)29-16-8-14-23(29)25-24(22-13-5-6-15-27-22)28-26(31)30(25)18-20-10-3-2-4-11-20/h2-17,24-25H,18H2,1H3,(H,28,31)/t24-,25+/m1/s1. The van der Waals surface area contributed by atoms with Crippen LogP contribution < -0.4 is 5.32 Å². The molecule has 2 aromatic carbocycles. The van der Waals surface area contributed by atoms with Crippen molar-refractivity contribution in [1.82, 2.24) is 19.8 Å². The second kappa shape index (κ2) is 8.36. The molecule has 154 valence electrons. The molecule has 1 aliphatic heterocycles. The maximum Gasteiger partial charge on any atom is 0.170 e. The van der Waals surface area contributed by atoms with E-state index in [0.717, 1.165) is 23.0 Å². The number of nitrogens with zero attached hydrogens (tertiary/aromatic N) is 3. The summed E-state index contributed by atoms with van der Waals surface area (Å²) in [5.41, 5.74) is 5.79. The fourth-order valence-electron chi connectivity index (χ4n) is 4.33. The van der Waals surface area contributed by atoms with Crippen molar-refractivity contribution in [2.24, 2.45) is 0 Å². The van der Waals surface area contributed by atoms with E-state index in [1.807, 2.05) is 24.4 Å². The fourth-order valence-corrected chi connectivity index (χ4v) is 4.63. The van der Waals surface area contributed by atoms with Gasteiger partial charge in [0, 0.05) is 30.3 Å². The maximum atomic E-state index is 5.83. The molecule has 4 aromatic rings. The summed E-state index contributed by atoms with van der Waals surface area (Å²) in [6, 6.07) is 29.4. The summed E-state index contributed by atoms with van der Waals surface area (Å²) >= 11 is 5.83. The molecule has 2 aromatic heterocycles. The summed E-state index contributed by atoms with van der Waals surface area (Å²) < 4.78 is 2.27. The van der Waals surface area contributed by atoms with Crippen molar-refractivity contribution in [3.63, 3.8) is 0 Å². The lowest BCUT2D eigenvalue weighted by molar-refractivity contribution is 0.302. The van der Waals surface area contributed by atoms with Gasteiger partial charge in [0.15, 0.2) is 5.11 Å². The van der Waals surface area contributed by atoms with Gasteiger partial charge < -0.3 is 14.8 Å². The molecule has 31 heavy (non-hydrogen) atoms. The number of aryl methyl sites for hydroxylation is 1. The summed E-state index contributed by atoms with van der Waals surface area (Å²) in [6.07, 6.45) is 3.97. The Morgan fingerprint density at radius 1 is 0.935 bits per heavy atom. The van der Waals surface area contributed by atoms with Crippen LogP contribution in [0, 0.1) is 6.92 Å². The van der Waals surface area contributed by atoms with E-state index in [1.165, 1.54) is 16.8 Å². The minimum atomic E-state index is -0.0316. The molecular weight excluding hydrogens is 400 g/mol. The second-order valence-electron chi connectivity index (χ2n) is 7.88. The van der Waals surface area contributed by atoms with Crippen LogP contribution in [0.1, 0.15) is 34.6 Å². The molecule has 4 nitrogen and oxygen atoms in total. The van der Waals surface area contributed by atoms with Crippen LogP contribution in [0.2, 0.25) is 0 Å². The van der Waals surface area contributed by atoms with Gasteiger partial charge in [-0.05, 0) is 66.7 Å². The molecule has 1 N–H and O–H groups in total. The number of hydrogen-bond acceptors (Lipinski definition) is 2. The average molecular weight is 425 g/mol. The second-order valence-corrected chi connectivity index (χ2v) is 8.27. The Balaban J connectivity index is 1.61. The van der Waals surface area contributed by atoms with Gasteiger partial charge in [-0.3, -0.25) is 4.98 Å². The van der Waals surface area contributed by atoms with Gasteiger partial charge in [0.1, 0.15) is 0 Å². The van der Waals surface area contributed by atoms with Crippen molar-refractivity contribution in [3.05, 3.63) is 120 Å². The van der Waals surface area contributed by atoms with Gasteiger partial charge in [0.05, 0.1) is 17.8 Å². The molecule has 5 rings (SSSR count). The Kier molecular flexibility index (Phi) is 5.26. The average Bonchev–Trinajstić information content (AvgIpc) is 3.40. The van der Waals surface area contributed by atoms with Gasteiger partial charge >= 0.3 is 0 Å². The number of pyridine rings is 1. The van der Waals surface area contributed by atoms with Crippen LogP contribution >= 0.6 is 12.2 Å². The Hall–Kier alpha value is -3.44. The van der Waals surface area contributed by atoms with Gasteiger partial charge in [0.2, 0.25) is 0 Å². The molecule has 0 unspecified atom stereocenters. The third-order valence-electron chi connectivity index (χ3n) is 5.76. The van der Waals surface area contributed by atoms with E-state index in [-0.39, 0.29) is 12.1 Å². The highest BCUT2D eigenvalue weighted by atomic mass is 32.1. The first-order valence-electron chi connectivity index (χ1n) is 10.5. The minimum absolute atomic E-state index is 0.0121. The van der Waals surface area contributed by atoms with E-state index in [2.05, 4.69) is 99.6 Å². The van der Waals surface area contributed by atoms with Crippen molar-refractivity contribution in [3.8, 4) is 5.69 Å². The molecule has 2 atom stereocenters. The molecule has 0 aliphatic carbocycles. The lowest BCUT2D eigenvalue weighted by Gasteiger charge is -2.29. The largest absolute Gasteiger partial charge is 0.352 e. The first kappa shape index (κ1) is 19.5. The van der Waals surface area contributed by atoms with Crippen LogP contribution in [0.4, 0.5) is 0 Å². The summed E-state index contributed by atoms with van der Waals surface area (Å²) in [5.74, 6) is 0. The van der Waals surface area contributed by atoms with E-state index in [1.54, 1.807) is 0 Å². The van der Waals surface area contributed by atoms with Crippen LogP contribution in [-0.2, 0) is 6.54 Å². The monoisotopic (exact) mass is 424 g/mol. The molecule has 0 saturated carbocycles. The molecule has 0 bridgehead atoms. The van der Waals surface area contributed by atoms with Crippen molar-refractivity contribution >= 4 is 17.3 Å².